The van der Waals surface area contributed by atoms with Crippen molar-refractivity contribution in [1.29, 1.82) is 0 Å². The van der Waals surface area contributed by atoms with E-state index < -0.39 is 0 Å². The van der Waals surface area contributed by atoms with E-state index in [1.54, 1.807) is 0 Å². The number of benzene rings is 3. The van der Waals surface area contributed by atoms with Crippen LogP contribution in [0.3, 0.4) is 0 Å². The van der Waals surface area contributed by atoms with Gasteiger partial charge in [0.15, 0.2) is 0 Å². The topological polar surface area (TPSA) is 52.0 Å². The van der Waals surface area contributed by atoms with Crippen LogP contribution >= 0.6 is 0 Å². The van der Waals surface area contributed by atoms with Gasteiger partial charge in [-0.15, -0.1) is 0 Å². The van der Waals surface area contributed by atoms with Crippen molar-refractivity contribution in [3.05, 3.63) is 95.6 Å². The van der Waals surface area contributed by atoms with E-state index in [4.69, 9.17) is 11.5 Å². The highest BCUT2D eigenvalue weighted by molar-refractivity contribution is 5.55. The Morgan fingerprint density at radius 2 is 1.18 bits per heavy atom. The molecule has 0 radical (unpaired) electrons. The first kappa shape index (κ1) is 14.2. The van der Waals surface area contributed by atoms with Gasteiger partial charge in [-0.1, -0.05) is 54.6 Å². The lowest BCUT2D eigenvalue weighted by molar-refractivity contribution is 0.693. The number of anilines is 2. The van der Waals surface area contributed by atoms with E-state index in [-0.39, 0.29) is 5.41 Å². The molecule has 110 valence electrons. The summed E-state index contributed by atoms with van der Waals surface area (Å²) in [5.41, 5.74) is 16.7. The Morgan fingerprint density at radius 1 is 0.591 bits per heavy atom. The first-order valence-electron chi connectivity index (χ1n) is 7.38. The molecular weight excluding hydrogens is 268 g/mol. The molecule has 0 fully saturated rings. The van der Waals surface area contributed by atoms with Crippen molar-refractivity contribution in [3.63, 3.8) is 0 Å². The van der Waals surface area contributed by atoms with Crippen molar-refractivity contribution in [3.8, 4) is 0 Å². The second kappa shape index (κ2) is 5.57. The summed E-state index contributed by atoms with van der Waals surface area (Å²) < 4.78 is 0. The van der Waals surface area contributed by atoms with Crippen LogP contribution in [-0.4, -0.2) is 0 Å². The smallest absolute Gasteiger partial charge is 0.0424 e. The predicted octanol–water partition coefficient (Wildman–Crippen LogP) is 4.21. The first-order chi connectivity index (χ1) is 10.6. The van der Waals surface area contributed by atoms with Crippen LogP contribution in [0.15, 0.2) is 78.9 Å². The van der Waals surface area contributed by atoms with Crippen molar-refractivity contribution in [2.75, 3.05) is 11.5 Å². The van der Waals surface area contributed by atoms with E-state index in [0.29, 0.717) is 0 Å². The van der Waals surface area contributed by atoms with E-state index in [1.807, 2.05) is 36.4 Å². The zero-order valence-electron chi connectivity index (χ0n) is 12.7. The van der Waals surface area contributed by atoms with Gasteiger partial charge in [0, 0.05) is 16.8 Å². The molecule has 0 aliphatic rings. The van der Waals surface area contributed by atoms with E-state index in [0.717, 1.165) is 11.4 Å². The van der Waals surface area contributed by atoms with E-state index in [1.165, 1.54) is 16.7 Å². The van der Waals surface area contributed by atoms with Crippen molar-refractivity contribution >= 4 is 11.4 Å². The van der Waals surface area contributed by atoms with Crippen molar-refractivity contribution in [2.45, 2.75) is 12.3 Å². The Morgan fingerprint density at radius 3 is 1.82 bits per heavy atom. The molecule has 4 N–H and O–H groups in total. The summed E-state index contributed by atoms with van der Waals surface area (Å²) >= 11 is 0. The fourth-order valence-corrected chi connectivity index (χ4v) is 2.94. The highest BCUT2D eigenvalue weighted by Gasteiger charge is 2.31. The lowest BCUT2D eigenvalue weighted by atomic mass is 9.71. The van der Waals surface area contributed by atoms with Gasteiger partial charge in [0.1, 0.15) is 0 Å². The minimum absolute atomic E-state index is 0.273. The Balaban J connectivity index is 2.24. The van der Waals surface area contributed by atoms with Gasteiger partial charge in [-0.2, -0.15) is 0 Å². The summed E-state index contributed by atoms with van der Waals surface area (Å²) in [5, 5.41) is 0. The molecule has 3 rings (SSSR count). The maximum atomic E-state index is 6.02. The molecule has 0 saturated carbocycles. The van der Waals surface area contributed by atoms with Gasteiger partial charge >= 0.3 is 0 Å². The standard InChI is InChI=1S/C20H20N2/c1-20(15-6-3-2-4-7-15,16-10-12-18(21)13-11-16)17-8-5-9-19(22)14-17/h2-14H,21-22H2,1H3. The van der Waals surface area contributed by atoms with Crippen LogP contribution in [-0.2, 0) is 5.41 Å². The quantitative estimate of drug-likeness (QED) is 0.560. The Kier molecular flexibility index (Phi) is 3.60. The highest BCUT2D eigenvalue weighted by Crippen LogP contribution is 2.39. The molecule has 0 heterocycles. The van der Waals surface area contributed by atoms with Gasteiger partial charge in [0.05, 0.1) is 0 Å². The third kappa shape index (κ3) is 2.44. The molecule has 0 bridgehead atoms. The summed E-state index contributed by atoms with van der Waals surface area (Å²) in [6, 6.07) is 26.6. The molecule has 0 aliphatic heterocycles. The average molecular weight is 288 g/mol. The summed E-state index contributed by atoms with van der Waals surface area (Å²) in [6.07, 6.45) is 0. The molecule has 3 aromatic rings. The molecule has 2 nitrogen and oxygen atoms in total. The second-order valence-electron chi connectivity index (χ2n) is 5.74. The van der Waals surface area contributed by atoms with E-state index >= 15 is 0 Å². The van der Waals surface area contributed by atoms with Gasteiger partial charge in [-0.25, -0.2) is 0 Å². The van der Waals surface area contributed by atoms with Gasteiger partial charge in [0.2, 0.25) is 0 Å². The molecule has 0 saturated heterocycles. The number of rotatable bonds is 3. The molecule has 3 aromatic carbocycles. The maximum Gasteiger partial charge on any atom is 0.0424 e. The van der Waals surface area contributed by atoms with Crippen LogP contribution in [0.25, 0.3) is 0 Å². The largest absolute Gasteiger partial charge is 0.399 e. The zero-order valence-corrected chi connectivity index (χ0v) is 12.7. The molecule has 0 aromatic heterocycles. The summed E-state index contributed by atoms with van der Waals surface area (Å²) in [7, 11) is 0. The molecule has 0 spiro atoms. The number of nitrogen functional groups attached to an aromatic ring is 2. The van der Waals surface area contributed by atoms with Gasteiger partial charge in [0.25, 0.3) is 0 Å². The molecule has 1 unspecified atom stereocenters. The molecule has 0 aliphatic carbocycles. The zero-order chi connectivity index (χ0) is 15.6. The van der Waals surface area contributed by atoms with Gasteiger partial charge in [-0.05, 0) is 47.9 Å². The van der Waals surface area contributed by atoms with Crippen molar-refractivity contribution in [1.82, 2.24) is 0 Å². The van der Waals surface area contributed by atoms with Crippen LogP contribution in [0.4, 0.5) is 11.4 Å². The monoisotopic (exact) mass is 288 g/mol. The number of hydrogen-bond donors (Lipinski definition) is 2. The molecule has 0 amide bonds. The maximum absolute atomic E-state index is 6.02. The van der Waals surface area contributed by atoms with E-state index in [9.17, 15) is 0 Å². The third-order valence-corrected chi connectivity index (χ3v) is 4.30. The fourth-order valence-electron chi connectivity index (χ4n) is 2.94. The van der Waals surface area contributed by atoms with Crippen LogP contribution < -0.4 is 11.5 Å². The van der Waals surface area contributed by atoms with Gasteiger partial charge in [-0.3, -0.25) is 0 Å². The molecule has 22 heavy (non-hydrogen) atoms. The molecular formula is C20H20N2. The third-order valence-electron chi connectivity index (χ3n) is 4.30. The predicted molar refractivity (Wildman–Crippen MR) is 93.7 cm³/mol. The average Bonchev–Trinajstić information content (AvgIpc) is 2.55. The second-order valence-corrected chi connectivity index (χ2v) is 5.74. The minimum Gasteiger partial charge on any atom is -0.399 e. The first-order valence-corrected chi connectivity index (χ1v) is 7.38. The Bertz CT molecular complexity index is 763. The molecule has 2 heteroatoms. The molecule has 1 atom stereocenters. The van der Waals surface area contributed by atoms with Gasteiger partial charge < -0.3 is 11.5 Å². The lowest BCUT2D eigenvalue weighted by Gasteiger charge is -2.32. The Hall–Kier alpha value is -2.74. The number of hydrogen-bond acceptors (Lipinski definition) is 2. The fraction of sp³-hybridized carbons (Fsp3) is 0.100. The highest BCUT2D eigenvalue weighted by atomic mass is 14.5. The van der Waals surface area contributed by atoms with Crippen LogP contribution in [0.5, 0.6) is 0 Å². The van der Waals surface area contributed by atoms with Crippen molar-refractivity contribution < 1.29 is 0 Å². The summed E-state index contributed by atoms with van der Waals surface area (Å²) in [6.45, 7) is 2.22. The SMILES string of the molecule is CC(c1ccccc1)(c1ccc(N)cc1)c1cccc(N)c1. The normalized spacial score (nSPS) is 13.5. The van der Waals surface area contributed by atoms with Crippen molar-refractivity contribution in [2.24, 2.45) is 0 Å². The van der Waals surface area contributed by atoms with Crippen LogP contribution in [0.1, 0.15) is 23.6 Å². The Labute approximate surface area is 131 Å². The summed E-state index contributed by atoms with van der Waals surface area (Å²) in [5.74, 6) is 0. The lowest BCUT2D eigenvalue weighted by Crippen LogP contribution is -2.25. The number of nitrogens with two attached hydrogens (primary N) is 2. The minimum atomic E-state index is -0.273. The van der Waals surface area contributed by atoms with E-state index in [2.05, 4.69) is 49.4 Å². The van der Waals surface area contributed by atoms with Crippen LogP contribution in [0.2, 0.25) is 0 Å². The summed E-state index contributed by atoms with van der Waals surface area (Å²) in [4.78, 5) is 0. The van der Waals surface area contributed by atoms with Crippen LogP contribution in [0, 0.1) is 0 Å².